The molecule has 1 N–H and O–H groups in total. The number of amides is 2. The van der Waals surface area contributed by atoms with Gasteiger partial charge < -0.3 is 10.1 Å². The van der Waals surface area contributed by atoms with Crippen molar-refractivity contribution in [2.45, 2.75) is 24.6 Å². The van der Waals surface area contributed by atoms with Gasteiger partial charge in [-0.25, -0.2) is 13.8 Å². The second kappa shape index (κ2) is 9.82. The van der Waals surface area contributed by atoms with Crippen LogP contribution in [-0.4, -0.2) is 46.9 Å². The molecule has 1 fully saturated rings. The lowest BCUT2D eigenvalue weighted by Gasteiger charge is -2.23. The van der Waals surface area contributed by atoms with Crippen LogP contribution in [0.5, 0.6) is 0 Å². The first kappa shape index (κ1) is 21.9. The molecule has 30 heavy (non-hydrogen) atoms. The first-order valence-corrected chi connectivity index (χ1v) is 10.1. The number of hydrogen-bond donors (Lipinski definition) is 1. The number of methoxy groups -OCH3 is 1. The zero-order valence-corrected chi connectivity index (χ0v) is 17.3. The van der Waals surface area contributed by atoms with Crippen molar-refractivity contribution in [1.82, 2.24) is 4.90 Å². The lowest BCUT2D eigenvalue weighted by Crippen LogP contribution is -2.42. The molecule has 2 aromatic carbocycles. The van der Waals surface area contributed by atoms with Crippen LogP contribution < -0.4 is 5.32 Å². The van der Waals surface area contributed by atoms with Gasteiger partial charge in [0.2, 0.25) is 11.8 Å². The molecule has 1 aliphatic rings. The van der Waals surface area contributed by atoms with E-state index in [9.17, 15) is 18.4 Å². The molecule has 2 amide bonds. The Labute approximate surface area is 177 Å². The Bertz CT molecular complexity index is 956. The molecular weight excluding hydrogens is 412 g/mol. The van der Waals surface area contributed by atoms with E-state index in [1.165, 1.54) is 18.1 Å². The minimum atomic E-state index is -0.833. The van der Waals surface area contributed by atoms with Crippen molar-refractivity contribution < 1.29 is 23.1 Å². The number of carbonyl (C=O) groups excluding carboxylic acids is 2. The quantitative estimate of drug-likeness (QED) is 0.718. The zero-order valence-electron chi connectivity index (χ0n) is 16.5. The number of aliphatic imine (C=N–C) groups is 1. The molecule has 0 radical (unpaired) electrons. The van der Waals surface area contributed by atoms with E-state index in [2.05, 4.69) is 10.3 Å². The van der Waals surface area contributed by atoms with Crippen molar-refractivity contribution in [2.24, 2.45) is 4.99 Å². The summed E-state index contributed by atoms with van der Waals surface area (Å²) in [6, 6.07) is 11.6. The number of carbonyl (C=O) groups is 2. The van der Waals surface area contributed by atoms with Gasteiger partial charge in [0.15, 0.2) is 11.0 Å². The fourth-order valence-electron chi connectivity index (χ4n) is 2.99. The summed E-state index contributed by atoms with van der Waals surface area (Å²) in [5.74, 6) is -2.18. The lowest BCUT2D eigenvalue weighted by atomic mass is 10.2. The smallest absolute Gasteiger partial charge is 0.243 e. The number of hydrogen-bond acceptors (Lipinski definition) is 5. The third-order valence-electron chi connectivity index (χ3n) is 4.37. The van der Waals surface area contributed by atoms with E-state index in [-0.39, 0.29) is 41.7 Å². The number of thioether (sulfide) groups is 1. The van der Waals surface area contributed by atoms with E-state index in [0.29, 0.717) is 5.69 Å². The maximum absolute atomic E-state index is 14.1. The van der Waals surface area contributed by atoms with E-state index < -0.39 is 16.9 Å². The maximum Gasteiger partial charge on any atom is 0.243 e. The summed E-state index contributed by atoms with van der Waals surface area (Å²) in [6.07, 6.45) is -0.0699. The molecule has 6 nitrogen and oxygen atoms in total. The number of halogens is 2. The van der Waals surface area contributed by atoms with Crippen molar-refractivity contribution in [1.29, 1.82) is 0 Å². The van der Waals surface area contributed by atoms with Crippen molar-refractivity contribution in [2.75, 3.05) is 19.0 Å². The Balaban J connectivity index is 1.82. The molecule has 2 atom stereocenters. The minimum Gasteiger partial charge on any atom is -0.383 e. The topological polar surface area (TPSA) is 71.0 Å². The van der Waals surface area contributed by atoms with Crippen LogP contribution in [0.15, 0.2) is 53.5 Å². The number of rotatable bonds is 7. The van der Waals surface area contributed by atoms with Crippen molar-refractivity contribution in [3.05, 3.63) is 60.2 Å². The number of para-hydroxylation sites is 1. The second-order valence-corrected chi connectivity index (χ2v) is 7.90. The van der Waals surface area contributed by atoms with E-state index >= 15 is 0 Å². The van der Waals surface area contributed by atoms with Gasteiger partial charge in [-0.05, 0) is 31.2 Å². The monoisotopic (exact) mass is 433 g/mol. The summed E-state index contributed by atoms with van der Waals surface area (Å²) in [5, 5.41) is 2.28. The third kappa shape index (κ3) is 5.22. The molecule has 1 aliphatic heterocycles. The van der Waals surface area contributed by atoms with Crippen molar-refractivity contribution in [3.63, 3.8) is 0 Å². The molecule has 3 rings (SSSR count). The normalized spacial score (nSPS) is 18.7. The van der Waals surface area contributed by atoms with Crippen LogP contribution in [0.3, 0.4) is 0 Å². The number of benzene rings is 2. The van der Waals surface area contributed by atoms with Crippen LogP contribution in [0.4, 0.5) is 20.2 Å². The average Bonchev–Trinajstić information content (AvgIpc) is 3.00. The van der Waals surface area contributed by atoms with E-state index in [1.54, 1.807) is 31.2 Å². The average molecular weight is 433 g/mol. The predicted molar refractivity (Wildman–Crippen MR) is 113 cm³/mol. The Morgan fingerprint density at radius 1 is 1.27 bits per heavy atom. The summed E-state index contributed by atoms with van der Waals surface area (Å²) in [6.45, 7) is 2.01. The summed E-state index contributed by atoms with van der Waals surface area (Å²) < 4.78 is 32.4. The molecule has 0 spiro atoms. The van der Waals surface area contributed by atoms with Gasteiger partial charge in [-0.3, -0.25) is 14.5 Å². The van der Waals surface area contributed by atoms with Gasteiger partial charge in [0.25, 0.3) is 0 Å². The largest absolute Gasteiger partial charge is 0.383 e. The Kier molecular flexibility index (Phi) is 7.17. The Morgan fingerprint density at radius 2 is 2.00 bits per heavy atom. The van der Waals surface area contributed by atoms with Gasteiger partial charge in [-0.2, -0.15) is 0 Å². The number of nitrogens with zero attached hydrogens (tertiary/aromatic N) is 2. The highest BCUT2D eigenvalue weighted by molar-refractivity contribution is 8.15. The van der Waals surface area contributed by atoms with Gasteiger partial charge in [0, 0.05) is 25.3 Å². The first-order valence-electron chi connectivity index (χ1n) is 9.26. The molecule has 0 unspecified atom stereocenters. The third-order valence-corrected chi connectivity index (χ3v) is 5.52. The van der Waals surface area contributed by atoms with Crippen LogP contribution in [0.25, 0.3) is 0 Å². The highest BCUT2D eigenvalue weighted by Gasteiger charge is 2.41. The van der Waals surface area contributed by atoms with Crippen LogP contribution in [0.2, 0.25) is 0 Å². The van der Waals surface area contributed by atoms with E-state index in [0.717, 1.165) is 23.9 Å². The van der Waals surface area contributed by atoms with Crippen LogP contribution in [-0.2, 0) is 14.3 Å². The van der Waals surface area contributed by atoms with Crippen LogP contribution in [0, 0.1) is 11.6 Å². The lowest BCUT2D eigenvalue weighted by molar-refractivity contribution is -0.130. The standard InChI is InChI=1S/C21H21F2N3O3S/c1-13(12-29-2)26-20(28)18(11-19(27)24-15-6-4-3-5-7-15)30-21(26)25-17-9-8-14(22)10-16(17)23/h3-10,13,18H,11-12H2,1-2H3,(H,24,27)/t13-,18-/m1/s1. The summed E-state index contributed by atoms with van der Waals surface area (Å²) in [5.41, 5.74) is 0.542. The molecule has 0 aromatic heterocycles. The van der Waals surface area contributed by atoms with Gasteiger partial charge in [0.05, 0.1) is 12.6 Å². The number of amidine groups is 1. The van der Waals surface area contributed by atoms with E-state index in [1.807, 2.05) is 6.07 Å². The van der Waals surface area contributed by atoms with Crippen LogP contribution >= 0.6 is 11.8 Å². The van der Waals surface area contributed by atoms with Gasteiger partial charge >= 0.3 is 0 Å². The molecule has 2 aromatic rings. The first-order chi connectivity index (χ1) is 14.4. The molecule has 9 heteroatoms. The fraction of sp³-hybridized carbons (Fsp3) is 0.286. The van der Waals surface area contributed by atoms with Gasteiger partial charge in [-0.15, -0.1) is 0 Å². The Hall–Kier alpha value is -2.78. The highest BCUT2D eigenvalue weighted by atomic mass is 32.2. The molecule has 1 saturated heterocycles. The Morgan fingerprint density at radius 3 is 2.67 bits per heavy atom. The molecule has 0 saturated carbocycles. The van der Waals surface area contributed by atoms with Gasteiger partial charge in [-0.1, -0.05) is 30.0 Å². The highest BCUT2D eigenvalue weighted by Crippen LogP contribution is 2.34. The van der Waals surface area contributed by atoms with Crippen molar-refractivity contribution in [3.8, 4) is 0 Å². The molecule has 0 bridgehead atoms. The van der Waals surface area contributed by atoms with E-state index in [4.69, 9.17) is 4.74 Å². The zero-order chi connectivity index (χ0) is 21.7. The SMILES string of the molecule is COC[C@@H](C)N1C(=O)[C@@H](CC(=O)Nc2ccccc2)SC1=Nc1ccc(F)cc1F. The molecule has 1 heterocycles. The summed E-state index contributed by atoms with van der Waals surface area (Å²) in [7, 11) is 1.51. The fourth-order valence-corrected chi connectivity index (χ4v) is 4.23. The maximum atomic E-state index is 14.1. The van der Waals surface area contributed by atoms with Crippen molar-refractivity contribution >= 4 is 40.1 Å². The van der Waals surface area contributed by atoms with Crippen LogP contribution in [0.1, 0.15) is 13.3 Å². The number of ether oxygens (including phenoxy) is 1. The molecular formula is C21H21F2N3O3S. The summed E-state index contributed by atoms with van der Waals surface area (Å²) >= 11 is 1.08. The number of anilines is 1. The molecule has 158 valence electrons. The predicted octanol–water partition coefficient (Wildman–Crippen LogP) is 3.96. The minimum absolute atomic E-state index is 0.0699. The summed E-state index contributed by atoms with van der Waals surface area (Å²) in [4.78, 5) is 31.0. The number of nitrogens with one attached hydrogen (secondary N) is 1. The van der Waals surface area contributed by atoms with Gasteiger partial charge in [0.1, 0.15) is 16.8 Å². The molecule has 0 aliphatic carbocycles. The second-order valence-electron chi connectivity index (χ2n) is 6.73.